The predicted octanol–water partition coefficient (Wildman–Crippen LogP) is 5.23. The molecular weight excluding hydrogens is 392 g/mol. The van der Waals surface area contributed by atoms with Crippen LogP contribution in [0.1, 0.15) is 37.2 Å². The highest BCUT2D eigenvalue weighted by Gasteiger charge is 2.37. The molecule has 0 aliphatic heterocycles. The van der Waals surface area contributed by atoms with Gasteiger partial charge in [-0.05, 0) is 61.4 Å². The highest BCUT2D eigenvalue weighted by molar-refractivity contribution is 6.34. The number of benzene rings is 2. The third kappa shape index (κ3) is 3.40. The second-order valence-corrected chi connectivity index (χ2v) is 8.27. The molecule has 0 radical (unpaired) electrons. The lowest BCUT2D eigenvalue weighted by atomic mass is 9.82. The number of carbonyl (C=O) groups is 1. The zero-order valence-corrected chi connectivity index (χ0v) is 16.3. The number of aliphatic carboxylic acids is 1. The van der Waals surface area contributed by atoms with E-state index >= 15 is 0 Å². The number of ether oxygens (including phenoxy) is 1. The number of fused-ring (bicyclic) bond motifs is 1. The number of hydrogen-bond acceptors (Lipinski definition) is 4. The van der Waals surface area contributed by atoms with Crippen LogP contribution in [0.4, 0.5) is 0 Å². The average molecular weight is 411 g/mol. The van der Waals surface area contributed by atoms with E-state index in [1.165, 1.54) is 11.6 Å². The molecule has 0 saturated heterocycles. The molecule has 5 rings (SSSR count). The molecule has 0 bridgehead atoms. The maximum absolute atomic E-state index is 12.6. The maximum atomic E-state index is 12.6. The summed E-state index contributed by atoms with van der Waals surface area (Å²) in [6.07, 6.45) is 3.12. The van der Waals surface area contributed by atoms with Crippen molar-refractivity contribution in [3.8, 4) is 17.1 Å². The Morgan fingerprint density at radius 2 is 1.93 bits per heavy atom. The Morgan fingerprint density at radius 1 is 1.14 bits per heavy atom. The first-order valence-electron chi connectivity index (χ1n) is 9.76. The summed E-state index contributed by atoms with van der Waals surface area (Å²) in [6.45, 7) is 0. The fraction of sp³-hybridized carbons (Fsp3) is 0.304. The lowest BCUT2D eigenvalue weighted by molar-refractivity contribution is -0.147. The predicted molar refractivity (Wildman–Crippen MR) is 110 cm³/mol. The van der Waals surface area contributed by atoms with Crippen molar-refractivity contribution in [2.45, 2.75) is 37.7 Å². The topological polar surface area (TPSA) is 76.7 Å². The maximum Gasteiger partial charge on any atom is 0.306 e. The summed E-state index contributed by atoms with van der Waals surface area (Å²) in [5.74, 6) is 0.414. The molecule has 0 amide bonds. The fourth-order valence-corrected chi connectivity index (χ4v) is 4.04. The van der Waals surface area contributed by atoms with Crippen LogP contribution in [0.5, 0.6) is 5.75 Å². The van der Waals surface area contributed by atoms with Gasteiger partial charge in [0, 0.05) is 6.07 Å². The van der Waals surface area contributed by atoms with E-state index < -0.39 is 5.97 Å². The number of carboxylic acid groups (broad SMARTS) is 1. The molecular formula is C23H19ClO5. The van der Waals surface area contributed by atoms with Crippen LogP contribution < -0.4 is 10.2 Å². The number of hydrogen-bond donors (Lipinski definition) is 1. The van der Waals surface area contributed by atoms with Crippen molar-refractivity contribution in [1.29, 1.82) is 0 Å². The van der Waals surface area contributed by atoms with Gasteiger partial charge in [-0.1, -0.05) is 23.7 Å². The van der Waals surface area contributed by atoms with Gasteiger partial charge in [0.15, 0.2) is 11.0 Å². The Kier molecular flexibility index (Phi) is 4.36. The van der Waals surface area contributed by atoms with Crippen molar-refractivity contribution in [2.75, 3.05) is 0 Å². The zero-order valence-electron chi connectivity index (χ0n) is 15.6. The van der Waals surface area contributed by atoms with E-state index in [4.69, 9.17) is 25.9 Å². The molecule has 5 nitrogen and oxygen atoms in total. The van der Waals surface area contributed by atoms with Gasteiger partial charge in [-0.25, -0.2) is 0 Å². The Balaban J connectivity index is 1.56. The highest BCUT2D eigenvalue weighted by Crippen LogP contribution is 2.44. The van der Waals surface area contributed by atoms with Crippen molar-refractivity contribution in [1.82, 2.24) is 0 Å². The standard InChI is InChI=1S/C23H19ClO5/c24-18-3-1-2-16-19(25)11-21(29-22(16)18)17-7-6-13(12-4-5-12)10-20(17)28-15-8-14(9-15)23(26)27/h1-3,6-7,10-12,14-15H,4-5,8-9H2,(H,26,27)/t14-,15+. The largest absolute Gasteiger partial charge is 0.490 e. The van der Waals surface area contributed by atoms with Gasteiger partial charge in [0.25, 0.3) is 0 Å². The van der Waals surface area contributed by atoms with E-state index in [1.54, 1.807) is 18.2 Å². The van der Waals surface area contributed by atoms with Gasteiger partial charge in [-0.15, -0.1) is 0 Å². The van der Waals surface area contributed by atoms with Gasteiger partial charge < -0.3 is 14.3 Å². The van der Waals surface area contributed by atoms with Crippen molar-refractivity contribution in [2.24, 2.45) is 5.92 Å². The molecule has 3 aromatic rings. The van der Waals surface area contributed by atoms with Crippen LogP contribution in [0.25, 0.3) is 22.3 Å². The van der Waals surface area contributed by atoms with Crippen LogP contribution in [0.2, 0.25) is 5.02 Å². The Morgan fingerprint density at radius 3 is 2.66 bits per heavy atom. The number of carboxylic acids is 1. The molecule has 2 saturated carbocycles. The summed E-state index contributed by atoms with van der Waals surface area (Å²) in [5, 5.41) is 9.92. The van der Waals surface area contributed by atoms with Gasteiger partial charge in [-0.2, -0.15) is 0 Å². The van der Waals surface area contributed by atoms with E-state index in [0.717, 1.165) is 12.8 Å². The summed E-state index contributed by atoms with van der Waals surface area (Å²) in [6, 6.07) is 12.5. The Hall–Kier alpha value is -2.79. The molecule has 0 spiro atoms. The SMILES string of the molecule is O=c1cc(-c2ccc(C3CC3)cc2O[C@H]2C[C@@H](C(=O)O)C2)oc2c(Cl)cccc12. The molecule has 29 heavy (non-hydrogen) atoms. The minimum Gasteiger partial charge on any atom is -0.490 e. The molecule has 0 unspecified atom stereocenters. The Labute approximate surface area is 171 Å². The molecule has 2 aliphatic rings. The molecule has 1 N–H and O–H groups in total. The minimum absolute atomic E-state index is 0.153. The number of rotatable bonds is 5. The third-order valence-electron chi connectivity index (χ3n) is 5.76. The molecule has 6 heteroatoms. The van der Waals surface area contributed by atoms with Crippen molar-refractivity contribution < 1.29 is 19.1 Å². The van der Waals surface area contributed by atoms with Crippen LogP contribution in [-0.4, -0.2) is 17.2 Å². The molecule has 2 aliphatic carbocycles. The quantitative estimate of drug-likeness (QED) is 0.623. The van der Waals surface area contributed by atoms with Gasteiger partial charge >= 0.3 is 5.97 Å². The van der Waals surface area contributed by atoms with Crippen LogP contribution >= 0.6 is 11.6 Å². The van der Waals surface area contributed by atoms with Gasteiger partial charge in [0.05, 0.1) is 21.9 Å². The smallest absolute Gasteiger partial charge is 0.306 e. The van der Waals surface area contributed by atoms with Crippen molar-refractivity contribution >= 4 is 28.5 Å². The summed E-state index contributed by atoms with van der Waals surface area (Å²) in [7, 11) is 0. The van der Waals surface area contributed by atoms with E-state index in [2.05, 4.69) is 0 Å². The first-order chi connectivity index (χ1) is 14.0. The number of para-hydroxylation sites is 1. The van der Waals surface area contributed by atoms with Crippen LogP contribution in [0, 0.1) is 5.92 Å². The van der Waals surface area contributed by atoms with Crippen molar-refractivity contribution in [3.63, 3.8) is 0 Å². The summed E-state index contributed by atoms with van der Waals surface area (Å²) >= 11 is 6.25. The van der Waals surface area contributed by atoms with Gasteiger partial charge in [0.2, 0.25) is 0 Å². The molecule has 2 fully saturated rings. The van der Waals surface area contributed by atoms with E-state index in [1.807, 2.05) is 18.2 Å². The van der Waals surface area contributed by atoms with Crippen LogP contribution in [0.3, 0.4) is 0 Å². The molecule has 148 valence electrons. The second kappa shape index (κ2) is 6.92. The van der Waals surface area contributed by atoms with E-state index in [9.17, 15) is 9.59 Å². The summed E-state index contributed by atoms with van der Waals surface area (Å²) < 4.78 is 12.2. The minimum atomic E-state index is -0.785. The van der Waals surface area contributed by atoms with Gasteiger partial charge in [0.1, 0.15) is 17.6 Å². The van der Waals surface area contributed by atoms with Crippen LogP contribution in [0.15, 0.2) is 51.7 Å². The molecule has 2 aromatic carbocycles. The average Bonchev–Trinajstić information content (AvgIpc) is 3.50. The molecule has 1 aromatic heterocycles. The first-order valence-corrected chi connectivity index (χ1v) is 10.1. The lowest BCUT2D eigenvalue weighted by Gasteiger charge is -2.33. The highest BCUT2D eigenvalue weighted by atomic mass is 35.5. The lowest BCUT2D eigenvalue weighted by Crippen LogP contribution is -2.38. The van der Waals surface area contributed by atoms with E-state index in [-0.39, 0.29) is 17.5 Å². The summed E-state index contributed by atoms with van der Waals surface area (Å²) in [5.41, 5.74) is 2.05. The Bertz CT molecular complexity index is 1170. The summed E-state index contributed by atoms with van der Waals surface area (Å²) in [4.78, 5) is 23.7. The van der Waals surface area contributed by atoms with Gasteiger partial charge in [-0.3, -0.25) is 9.59 Å². The molecule has 1 heterocycles. The second-order valence-electron chi connectivity index (χ2n) is 7.87. The third-order valence-corrected chi connectivity index (χ3v) is 6.06. The van der Waals surface area contributed by atoms with Crippen molar-refractivity contribution in [3.05, 3.63) is 63.3 Å². The normalized spacial score (nSPS) is 21.0. The zero-order chi connectivity index (χ0) is 20.1. The first kappa shape index (κ1) is 18.3. The molecule has 0 atom stereocenters. The van der Waals surface area contributed by atoms with E-state index in [0.29, 0.717) is 51.8 Å². The number of halogens is 1. The monoisotopic (exact) mass is 410 g/mol. The fourth-order valence-electron chi connectivity index (χ4n) is 3.83. The van der Waals surface area contributed by atoms with Crippen LogP contribution in [-0.2, 0) is 4.79 Å².